The first-order chi connectivity index (χ1) is 7.22. The monoisotopic (exact) mass is 205 g/mol. The van der Waals surface area contributed by atoms with E-state index in [1.807, 2.05) is 0 Å². The highest BCUT2D eigenvalue weighted by Gasteiger charge is 2.14. The molecule has 0 fully saturated rings. The molecule has 78 valence electrons. The first-order valence-electron chi connectivity index (χ1n) is 4.26. The minimum Gasteiger partial charge on any atom is -0.465 e. The van der Waals surface area contributed by atoms with Crippen molar-refractivity contribution in [3.63, 3.8) is 0 Å². The lowest BCUT2D eigenvalue weighted by molar-refractivity contribution is -0.135. The fourth-order valence-corrected chi connectivity index (χ4v) is 1.15. The molecular formula is C11H11NO3. The van der Waals surface area contributed by atoms with Crippen LogP contribution in [0.5, 0.6) is 0 Å². The normalized spacial score (nSPS) is 20.2. The second kappa shape index (κ2) is 4.95. The van der Waals surface area contributed by atoms with Gasteiger partial charge in [-0.3, -0.25) is 0 Å². The highest BCUT2D eigenvalue weighted by Crippen LogP contribution is 2.15. The van der Waals surface area contributed by atoms with Gasteiger partial charge >= 0.3 is 5.97 Å². The number of oxime groups is 1. The third kappa shape index (κ3) is 2.43. The minimum atomic E-state index is -0.432. The van der Waals surface area contributed by atoms with E-state index in [1.165, 1.54) is 19.3 Å². The van der Waals surface area contributed by atoms with Gasteiger partial charge in [-0.2, -0.15) is 0 Å². The number of carbonyl (C=O) groups is 1. The van der Waals surface area contributed by atoms with Crippen molar-refractivity contribution in [2.45, 2.75) is 0 Å². The molecule has 1 N–H and O–H groups in total. The fraction of sp³-hybridized carbons (Fsp3) is 0.0909. The Morgan fingerprint density at radius 3 is 2.87 bits per heavy atom. The van der Waals surface area contributed by atoms with E-state index in [9.17, 15) is 4.79 Å². The molecule has 0 saturated heterocycles. The van der Waals surface area contributed by atoms with Gasteiger partial charge < -0.3 is 9.94 Å². The lowest BCUT2D eigenvalue weighted by Crippen LogP contribution is -2.09. The summed E-state index contributed by atoms with van der Waals surface area (Å²) >= 11 is 0. The SMILES string of the molecule is C=C/C=C1/C=C(C(=O)OC)C=C/C1=N\O. The van der Waals surface area contributed by atoms with E-state index in [4.69, 9.17) is 5.21 Å². The van der Waals surface area contributed by atoms with Crippen LogP contribution in [-0.4, -0.2) is 24.0 Å². The van der Waals surface area contributed by atoms with Crippen LogP contribution in [0, 0.1) is 0 Å². The molecule has 0 aromatic carbocycles. The summed E-state index contributed by atoms with van der Waals surface area (Å²) in [5.74, 6) is -0.432. The molecular weight excluding hydrogens is 194 g/mol. The van der Waals surface area contributed by atoms with Crippen molar-refractivity contribution in [3.05, 3.63) is 48.1 Å². The zero-order chi connectivity index (χ0) is 11.3. The van der Waals surface area contributed by atoms with Crippen LogP contribution in [0.15, 0.2) is 53.3 Å². The van der Waals surface area contributed by atoms with Gasteiger partial charge in [-0.05, 0) is 18.2 Å². The van der Waals surface area contributed by atoms with Crippen molar-refractivity contribution >= 4 is 11.7 Å². The molecule has 0 atom stereocenters. The third-order valence-corrected chi connectivity index (χ3v) is 1.85. The Balaban J connectivity index is 3.08. The lowest BCUT2D eigenvalue weighted by Gasteiger charge is -2.08. The number of methoxy groups -OCH3 is 1. The van der Waals surface area contributed by atoms with Gasteiger partial charge in [0.1, 0.15) is 5.71 Å². The number of rotatable bonds is 2. The van der Waals surface area contributed by atoms with E-state index in [2.05, 4.69) is 16.5 Å². The van der Waals surface area contributed by atoms with Gasteiger partial charge in [0.05, 0.1) is 12.7 Å². The van der Waals surface area contributed by atoms with Crippen LogP contribution in [-0.2, 0) is 9.53 Å². The van der Waals surface area contributed by atoms with Crippen LogP contribution in [0.3, 0.4) is 0 Å². The topological polar surface area (TPSA) is 58.9 Å². The standard InChI is InChI=1S/C11H11NO3/c1-3-4-8-7-9(11(13)15-2)5-6-10(8)12-14/h3-7,14H,1H2,2H3/b8-4-,12-10+. The number of esters is 1. The van der Waals surface area contributed by atoms with Gasteiger partial charge in [-0.25, -0.2) is 4.79 Å². The van der Waals surface area contributed by atoms with Gasteiger partial charge in [0.25, 0.3) is 0 Å². The van der Waals surface area contributed by atoms with Crippen molar-refractivity contribution in [3.8, 4) is 0 Å². The highest BCUT2D eigenvalue weighted by molar-refractivity contribution is 6.14. The maximum Gasteiger partial charge on any atom is 0.337 e. The number of carbonyl (C=O) groups excluding carboxylic acids is 1. The quantitative estimate of drug-likeness (QED) is 0.423. The number of hydrogen-bond donors (Lipinski definition) is 1. The maximum absolute atomic E-state index is 11.2. The van der Waals surface area contributed by atoms with E-state index in [0.717, 1.165) is 0 Å². The van der Waals surface area contributed by atoms with Gasteiger partial charge in [0.15, 0.2) is 0 Å². The number of ether oxygens (including phenoxy) is 1. The predicted octanol–water partition coefficient (Wildman–Crippen LogP) is 1.60. The van der Waals surface area contributed by atoms with Crippen LogP contribution in [0.1, 0.15) is 0 Å². The van der Waals surface area contributed by atoms with Crippen LogP contribution in [0.4, 0.5) is 0 Å². The summed E-state index contributed by atoms with van der Waals surface area (Å²) in [6, 6.07) is 0. The Hall–Kier alpha value is -2.10. The molecule has 0 aromatic heterocycles. The van der Waals surface area contributed by atoms with Crippen molar-refractivity contribution in [1.29, 1.82) is 0 Å². The zero-order valence-electron chi connectivity index (χ0n) is 8.30. The molecule has 0 spiro atoms. The highest BCUT2D eigenvalue weighted by atomic mass is 16.5. The predicted molar refractivity (Wildman–Crippen MR) is 56.7 cm³/mol. The molecule has 1 rings (SSSR count). The first-order valence-corrected chi connectivity index (χ1v) is 4.26. The molecule has 0 amide bonds. The molecule has 0 radical (unpaired) electrons. The largest absolute Gasteiger partial charge is 0.465 e. The summed E-state index contributed by atoms with van der Waals surface area (Å²) in [4.78, 5) is 11.2. The molecule has 0 aromatic rings. The van der Waals surface area contributed by atoms with E-state index < -0.39 is 5.97 Å². The van der Waals surface area contributed by atoms with Crippen molar-refractivity contribution in [2.24, 2.45) is 5.16 Å². The van der Waals surface area contributed by atoms with Crippen molar-refractivity contribution in [1.82, 2.24) is 0 Å². The molecule has 1 aliphatic carbocycles. The molecule has 4 heteroatoms. The number of nitrogens with zero attached hydrogens (tertiary/aromatic N) is 1. The molecule has 0 bridgehead atoms. The molecule has 0 saturated carbocycles. The number of hydrogen-bond acceptors (Lipinski definition) is 4. The molecule has 15 heavy (non-hydrogen) atoms. The Bertz CT molecular complexity index is 400. The Morgan fingerprint density at radius 1 is 1.60 bits per heavy atom. The van der Waals surface area contributed by atoms with Crippen LogP contribution >= 0.6 is 0 Å². The molecule has 0 aliphatic heterocycles. The van der Waals surface area contributed by atoms with Crippen LogP contribution in [0.25, 0.3) is 0 Å². The molecule has 4 nitrogen and oxygen atoms in total. The van der Waals surface area contributed by atoms with Gasteiger partial charge in [-0.1, -0.05) is 23.9 Å². The minimum absolute atomic E-state index is 0.377. The first kappa shape index (κ1) is 11.0. The summed E-state index contributed by atoms with van der Waals surface area (Å²) in [7, 11) is 1.31. The lowest BCUT2D eigenvalue weighted by atomic mass is 10.00. The van der Waals surface area contributed by atoms with Crippen molar-refractivity contribution in [2.75, 3.05) is 7.11 Å². The molecule has 0 unspecified atom stereocenters. The maximum atomic E-state index is 11.2. The van der Waals surface area contributed by atoms with Gasteiger partial charge in [-0.15, -0.1) is 0 Å². The Kier molecular flexibility index (Phi) is 3.62. The fourth-order valence-electron chi connectivity index (χ4n) is 1.15. The van der Waals surface area contributed by atoms with E-state index in [1.54, 1.807) is 18.2 Å². The molecule has 0 heterocycles. The second-order valence-electron chi connectivity index (χ2n) is 2.77. The van der Waals surface area contributed by atoms with E-state index in [-0.39, 0.29) is 0 Å². The summed E-state index contributed by atoms with van der Waals surface area (Å²) in [6.45, 7) is 3.53. The van der Waals surface area contributed by atoms with Gasteiger partial charge in [0.2, 0.25) is 0 Å². The smallest absolute Gasteiger partial charge is 0.337 e. The average molecular weight is 205 g/mol. The van der Waals surface area contributed by atoms with E-state index in [0.29, 0.717) is 16.9 Å². The van der Waals surface area contributed by atoms with Crippen LogP contribution in [0.2, 0.25) is 0 Å². The Morgan fingerprint density at radius 2 is 2.33 bits per heavy atom. The molecule has 1 aliphatic rings. The zero-order valence-corrected chi connectivity index (χ0v) is 8.30. The third-order valence-electron chi connectivity index (χ3n) is 1.85. The summed E-state index contributed by atoms with van der Waals surface area (Å²) in [6.07, 6.45) is 7.82. The summed E-state index contributed by atoms with van der Waals surface area (Å²) in [5.41, 5.74) is 1.39. The van der Waals surface area contributed by atoms with E-state index >= 15 is 0 Å². The second-order valence-corrected chi connectivity index (χ2v) is 2.77. The summed E-state index contributed by atoms with van der Waals surface area (Å²) < 4.78 is 4.57. The average Bonchev–Trinajstić information content (AvgIpc) is 2.28. The van der Waals surface area contributed by atoms with Crippen LogP contribution < -0.4 is 0 Å². The number of allylic oxidation sites excluding steroid dienone is 5. The van der Waals surface area contributed by atoms with Crippen molar-refractivity contribution < 1.29 is 14.7 Å². The Labute approximate surface area is 87.5 Å². The van der Waals surface area contributed by atoms with Gasteiger partial charge in [0, 0.05) is 5.57 Å². The summed E-state index contributed by atoms with van der Waals surface area (Å²) in [5, 5.41) is 11.8.